The van der Waals surface area contributed by atoms with Gasteiger partial charge in [-0.2, -0.15) is 0 Å². The maximum atomic E-state index is 12.9. The molecule has 1 aliphatic heterocycles. The minimum atomic E-state index is -0.824. The molecule has 0 spiro atoms. The second-order valence-corrected chi connectivity index (χ2v) is 7.71. The second-order valence-electron chi connectivity index (χ2n) is 6.43. The maximum absolute atomic E-state index is 12.9. The van der Waals surface area contributed by atoms with Gasteiger partial charge in [0.25, 0.3) is 0 Å². The quantitative estimate of drug-likeness (QED) is 0.588. The molecule has 0 fully saturated rings. The molecule has 2 aromatic carbocycles. The van der Waals surface area contributed by atoms with Crippen molar-refractivity contribution in [3.05, 3.63) is 74.4 Å². The fourth-order valence-corrected chi connectivity index (χ4v) is 3.76. The van der Waals surface area contributed by atoms with E-state index in [9.17, 15) is 9.59 Å². The first-order valence-electron chi connectivity index (χ1n) is 9.09. The Bertz CT molecular complexity index is 1010. The molecule has 158 valence electrons. The van der Waals surface area contributed by atoms with Gasteiger partial charge in [0.15, 0.2) is 0 Å². The van der Waals surface area contributed by atoms with E-state index in [1.807, 2.05) is 0 Å². The zero-order valence-corrected chi connectivity index (χ0v) is 18.5. The van der Waals surface area contributed by atoms with Crippen LogP contribution in [0.15, 0.2) is 53.7 Å². The SMILES string of the molecule is CCOC(=O)C1=C(COc2cccc(Cl)c2)N(C)C(=O)NC1c1ccc(Cl)cc1Cl. The fourth-order valence-electron chi connectivity index (χ4n) is 3.06. The van der Waals surface area contributed by atoms with E-state index < -0.39 is 18.0 Å². The van der Waals surface area contributed by atoms with Gasteiger partial charge in [0.1, 0.15) is 12.4 Å². The molecule has 0 aromatic heterocycles. The number of amides is 2. The number of urea groups is 1. The van der Waals surface area contributed by atoms with Crippen molar-refractivity contribution in [1.82, 2.24) is 10.2 Å². The van der Waals surface area contributed by atoms with Crippen LogP contribution in [0.3, 0.4) is 0 Å². The number of ether oxygens (including phenoxy) is 2. The molecule has 6 nitrogen and oxygen atoms in total. The van der Waals surface area contributed by atoms with Crippen molar-refractivity contribution in [3.8, 4) is 5.75 Å². The highest BCUT2D eigenvalue weighted by molar-refractivity contribution is 6.35. The molecule has 3 rings (SSSR count). The van der Waals surface area contributed by atoms with Crippen molar-refractivity contribution in [2.24, 2.45) is 0 Å². The fraction of sp³-hybridized carbons (Fsp3) is 0.238. The van der Waals surface area contributed by atoms with Crippen molar-refractivity contribution in [3.63, 3.8) is 0 Å². The van der Waals surface area contributed by atoms with Crippen LogP contribution in [0.2, 0.25) is 15.1 Å². The van der Waals surface area contributed by atoms with Gasteiger partial charge in [-0.05, 0) is 42.8 Å². The number of carbonyl (C=O) groups is 2. The molecule has 0 radical (unpaired) electrons. The van der Waals surface area contributed by atoms with E-state index in [-0.39, 0.29) is 18.8 Å². The first-order valence-corrected chi connectivity index (χ1v) is 10.2. The average molecular weight is 470 g/mol. The zero-order chi connectivity index (χ0) is 21.8. The molecule has 1 aliphatic rings. The number of esters is 1. The Labute approximate surface area is 189 Å². The lowest BCUT2D eigenvalue weighted by Crippen LogP contribution is -2.48. The largest absolute Gasteiger partial charge is 0.487 e. The predicted molar refractivity (Wildman–Crippen MR) is 116 cm³/mol. The van der Waals surface area contributed by atoms with Crippen LogP contribution in [-0.2, 0) is 9.53 Å². The number of likely N-dealkylation sites (N-methyl/N-ethyl adjacent to an activating group) is 1. The first-order chi connectivity index (χ1) is 14.3. The van der Waals surface area contributed by atoms with Crippen molar-refractivity contribution >= 4 is 46.8 Å². The van der Waals surface area contributed by atoms with Crippen LogP contribution in [0.5, 0.6) is 5.75 Å². The topological polar surface area (TPSA) is 67.9 Å². The normalized spacial score (nSPS) is 16.4. The summed E-state index contributed by atoms with van der Waals surface area (Å²) in [7, 11) is 1.55. The van der Waals surface area contributed by atoms with Crippen molar-refractivity contribution in [2.75, 3.05) is 20.3 Å². The number of rotatable bonds is 6. The summed E-state index contributed by atoms with van der Waals surface area (Å²) in [6.07, 6.45) is 0. The van der Waals surface area contributed by atoms with Gasteiger partial charge in [0, 0.05) is 22.1 Å². The summed E-state index contributed by atoms with van der Waals surface area (Å²) in [4.78, 5) is 26.8. The minimum Gasteiger partial charge on any atom is -0.487 e. The lowest BCUT2D eigenvalue weighted by atomic mass is 9.94. The van der Waals surface area contributed by atoms with Gasteiger partial charge in [0.2, 0.25) is 0 Å². The Hall–Kier alpha value is -2.41. The first kappa shape index (κ1) is 22.3. The monoisotopic (exact) mass is 468 g/mol. The van der Waals surface area contributed by atoms with Crippen molar-refractivity contribution in [1.29, 1.82) is 0 Å². The van der Waals surface area contributed by atoms with Crippen LogP contribution < -0.4 is 10.1 Å². The smallest absolute Gasteiger partial charge is 0.338 e. The predicted octanol–water partition coefficient (Wildman–Crippen LogP) is 5.24. The summed E-state index contributed by atoms with van der Waals surface area (Å²) in [5, 5.41) is 4.05. The summed E-state index contributed by atoms with van der Waals surface area (Å²) in [5.41, 5.74) is 1.10. The summed E-state index contributed by atoms with van der Waals surface area (Å²) in [6.45, 7) is 1.82. The highest BCUT2D eigenvalue weighted by Crippen LogP contribution is 2.36. The molecule has 30 heavy (non-hydrogen) atoms. The van der Waals surface area contributed by atoms with E-state index in [4.69, 9.17) is 44.3 Å². The molecule has 0 saturated heterocycles. The minimum absolute atomic E-state index is 0.0554. The molecule has 1 atom stereocenters. The molecule has 9 heteroatoms. The van der Waals surface area contributed by atoms with Gasteiger partial charge in [-0.25, -0.2) is 9.59 Å². The zero-order valence-electron chi connectivity index (χ0n) is 16.2. The molecule has 1 unspecified atom stereocenters. The molecule has 2 amide bonds. The van der Waals surface area contributed by atoms with Crippen molar-refractivity contribution < 1.29 is 19.1 Å². The average Bonchev–Trinajstić information content (AvgIpc) is 2.69. The summed E-state index contributed by atoms with van der Waals surface area (Å²) in [6, 6.07) is 10.4. The summed E-state index contributed by atoms with van der Waals surface area (Å²) < 4.78 is 11.1. The summed E-state index contributed by atoms with van der Waals surface area (Å²) >= 11 is 18.4. The van der Waals surface area contributed by atoms with Crippen LogP contribution in [0.25, 0.3) is 0 Å². The van der Waals surface area contributed by atoms with Crippen molar-refractivity contribution in [2.45, 2.75) is 13.0 Å². The van der Waals surface area contributed by atoms with Gasteiger partial charge in [-0.15, -0.1) is 0 Å². The highest BCUT2D eigenvalue weighted by atomic mass is 35.5. The van der Waals surface area contributed by atoms with Crippen LogP contribution in [0.4, 0.5) is 4.79 Å². The lowest BCUT2D eigenvalue weighted by Gasteiger charge is -2.34. The number of nitrogens with zero attached hydrogens (tertiary/aromatic N) is 1. The Kier molecular flexibility index (Phi) is 7.13. The molecular formula is C21H19Cl3N2O4. The Balaban J connectivity index is 2.06. The molecule has 0 bridgehead atoms. The van der Waals surface area contributed by atoms with E-state index in [0.29, 0.717) is 32.1 Å². The second kappa shape index (κ2) is 9.60. The van der Waals surface area contributed by atoms with Gasteiger partial charge < -0.3 is 14.8 Å². The van der Waals surface area contributed by atoms with E-state index in [0.717, 1.165) is 0 Å². The Morgan fingerprint density at radius 3 is 2.53 bits per heavy atom. The van der Waals surface area contributed by atoms with Crippen LogP contribution in [0, 0.1) is 0 Å². The van der Waals surface area contributed by atoms with Gasteiger partial charge >= 0.3 is 12.0 Å². The van der Waals surface area contributed by atoms with E-state index in [2.05, 4.69) is 5.32 Å². The van der Waals surface area contributed by atoms with Gasteiger partial charge in [-0.3, -0.25) is 4.90 Å². The third-order valence-corrected chi connectivity index (χ3v) is 5.31. The van der Waals surface area contributed by atoms with Crippen LogP contribution in [0.1, 0.15) is 18.5 Å². The maximum Gasteiger partial charge on any atom is 0.338 e. The standard InChI is InChI=1S/C21H19Cl3N2O4/c1-3-29-20(27)18-17(11-30-14-6-4-5-12(22)9-14)26(2)21(28)25-19(18)15-8-7-13(23)10-16(15)24/h4-10,19H,3,11H2,1-2H3,(H,25,28). The van der Waals surface area contributed by atoms with E-state index >= 15 is 0 Å². The molecule has 0 aliphatic carbocycles. The molecule has 1 N–H and O–H groups in total. The van der Waals surface area contributed by atoms with Gasteiger partial charge in [-0.1, -0.05) is 46.9 Å². The highest BCUT2D eigenvalue weighted by Gasteiger charge is 2.38. The Morgan fingerprint density at radius 1 is 1.13 bits per heavy atom. The molecule has 2 aromatic rings. The summed E-state index contributed by atoms with van der Waals surface area (Å²) in [5.74, 6) is -0.0799. The van der Waals surface area contributed by atoms with Crippen LogP contribution in [-0.4, -0.2) is 37.2 Å². The number of benzene rings is 2. The molecular weight excluding hydrogens is 451 g/mol. The number of halogens is 3. The van der Waals surface area contributed by atoms with E-state index in [1.54, 1.807) is 56.4 Å². The number of hydrogen-bond donors (Lipinski definition) is 1. The van der Waals surface area contributed by atoms with Crippen LogP contribution >= 0.6 is 34.8 Å². The van der Waals surface area contributed by atoms with E-state index in [1.165, 1.54) is 4.90 Å². The molecule has 0 saturated carbocycles. The number of hydrogen-bond acceptors (Lipinski definition) is 4. The third kappa shape index (κ3) is 4.83. The number of nitrogens with one attached hydrogen (secondary N) is 1. The third-order valence-electron chi connectivity index (χ3n) is 4.52. The Morgan fingerprint density at radius 2 is 1.87 bits per heavy atom. The lowest BCUT2D eigenvalue weighted by molar-refractivity contribution is -0.139. The number of carbonyl (C=O) groups excluding carboxylic acids is 2. The molecule has 1 heterocycles. The van der Waals surface area contributed by atoms with Gasteiger partial charge in [0.05, 0.1) is 23.9 Å².